The number of hydrogen-bond acceptors (Lipinski definition) is 4. The molecule has 188 valence electrons. The third kappa shape index (κ3) is 5.02. The summed E-state index contributed by atoms with van der Waals surface area (Å²) in [6.07, 6.45) is -4.36. The number of carboxylic acids is 1. The topological polar surface area (TPSA) is 104 Å². The molecular formula is C24H18ClF3N2O5S. The molecule has 7 nitrogen and oxygen atoms in total. The lowest BCUT2D eigenvalue weighted by Crippen LogP contribution is -2.30. The number of fused-ring (bicyclic) bond motifs is 1. The van der Waals surface area contributed by atoms with E-state index in [0.29, 0.717) is 23.6 Å². The van der Waals surface area contributed by atoms with Gasteiger partial charge in [0, 0.05) is 18.7 Å². The Balaban J connectivity index is 1.55. The van der Waals surface area contributed by atoms with Gasteiger partial charge in [-0.05, 0) is 60.0 Å². The third-order valence-electron chi connectivity index (χ3n) is 5.67. The van der Waals surface area contributed by atoms with Crippen LogP contribution in [0.5, 0.6) is 0 Å². The van der Waals surface area contributed by atoms with Gasteiger partial charge in [-0.25, -0.2) is 13.2 Å². The number of rotatable bonds is 6. The van der Waals surface area contributed by atoms with Crippen LogP contribution in [-0.4, -0.2) is 31.9 Å². The second kappa shape index (κ2) is 9.47. The number of nitrogens with zero attached hydrogens (tertiary/aromatic N) is 1. The van der Waals surface area contributed by atoms with Crippen LogP contribution in [0.1, 0.15) is 37.4 Å². The Kier molecular flexibility index (Phi) is 6.72. The first kappa shape index (κ1) is 25.5. The van der Waals surface area contributed by atoms with Crippen molar-refractivity contribution in [2.24, 2.45) is 0 Å². The van der Waals surface area contributed by atoms with Gasteiger partial charge in [0.1, 0.15) is 0 Å². The van der Waals surface area contributed by atoms with E-state index in [0.717, 1.165) is 22.5 Å². The van der Waals surface area contributed by atoms with Gasteiger partial charge in [-0.1, -0.05) is 29.8 Å². The van der Waals surface area contributed by atoms with Gasteiger partial charge in [-0.2, -0.15) is 13.2 Å². The lowest BCUT2D eigenvalue weighted by Gasteiger charge is -2.21. The lowest BCUT2D eigenvalue weighted by molar-refractivity contribution is -0.137. The van der Waals surface area contributed by atoms with Crippen molar-refractivity contribution in [1.82, 2.24) is 5.32 Å². The molecule has 0 spiro atoms. The van der Waals surface area contributed by atoms with E-state index in [1.54, 1.807) is 6.07 Å². The van der Waals surface area contributed by atoms with E-state index >= 15 is 0 Å². The van der Waals surface area contributed by atoms with Crippen molar-refractivity contribution in [3.05, 3.63) is 93.5 Å². The van der Waals surface area contributed by atoms with E-state index < -0.39 is 38.5 Å². The van der Waals surface area contributed by atoms with Gasteiger partial charge in [0.05, 0.1) is 26.7 Å². The molecule has 2 N–H and O–H groups in total. The number of sulfonamides is 1. The summed E-state index contributed by atoms with van der Waals surface area (Å²) < 4.78 is 66.7. The second-order valence-corrected chi connectivity index (χ2v) is 10.3. The molecule has 4 rings (SSSR count). The fraction of sp³-hybridized carbons (Fsp3) is 0.167. The number of aromatic carboxylic acids is 1. The first-order valence-electron chi connectivity index (χ1n) is 10.5. The highest BCUT2D eigenvalue weighted by atomic mass is 35.5. The maximum atomic E-state index is 13.2. The van der Waals surface area contributed by atoms with Crippen LogP contribution in [0.4, 0.5) is 18.9 Å². The van der Waals surface area contributed by atoms with Gasteiger partial charge >= 0.3 is 12.1 Å². The van der Waals surface area contributed by atoms with E-state index in [-0.39, 0.29) is 34.9 Å². The van der Waals surface area contributed by atoms with Crippen LogP contribution in [0.3, 0.4) is 0 Å². The summed E-state index contributed by atoms with van der Waals surface area (Å²) >= 11 is 5.95. The standard InChI is InChI=1S/C24H18ClF3N2O5S/c25-20-10-14(4-7-19(20)23(32)33)13-29-22(31)16-6-5-15-8-9-30(21(15)11-16)36(34,35)18-3-1-2-17(12-18)24(26,27)28/h1-7,10-12H,8-9,13H2,(H,29,31)(H,32,33). The maximum Gasteiger partial charge on any atom is 0.416 e. The molecule has 3 aromatic rings. The Labute approximate surface area is 209 Å². The monoisotopic (exact) mass is 538 g/mol. The smallest absolute Gasteiger partial charge is 0.416 e. The number of carboxylic acid groups (broad SMARTS) is 1. The largest absolute Gasteiger partial charge is 0.478 e. The van der Waals surface area contributed by atoms with Crippen molar-refractivity contribution in [1.29, 1.82) is 0 Å². The van der Waals surface area contributed by atoms with E-state index in [1.807, 2.05) is 0 Å². The van der Waals surface area contributed by atoms with Gasteiger partial charge in [0.2, 0.25) is 0 Å². The minimum absolute atomic E-state index is 0.0159. The van der Waals surface area contributed by atoms with Crippen LogP contribution >= 0.6 is 11.6 Å². The second-order valence-electron chi connectivity index (χ2n) is 8.00. The fourth-order valence-electron chi connectivity index (χ4n) is 3.83. The Morgan fingerprint density at radius 1 is 1.06 bits per heavy atom. The molecule has 36 heavy (non-hydrogen) atoms. The van der Waals surface area contributed by atoms with Crippen molar-refractivity contribution in [3.63, 3.8) is 0 Å². The first-order valence-corrected chi connectivity index (χ1v) is 12.3. The summed E-state index contributed by atoms with van der Waals surface area (Å²) in [4.78, 5) is 23.3. The number of carbonyl (C=O) groups is 2. The van der Waals surface area contributed by atoms with E-state index in [1.165, 1.54) is 30.3 Å². The number of nitrogens with one attached hydrogen (secondary N) is 1. The Bertz CT molecular complexity index is 1470. The maximum absolute atomic E-state index is 13.2. The zero-order valence-corrected chi connectivity index (χ0v) is 19.9. The summed E-state index contributed by atoms with van der Waals surface area (Å²) in [5, 5.41) is 11.7. The third-order valence-corrected chi connectivity index (χ3v) is 7.79. The molecule has 1 amide bonds. The molecule has 0 atom stereocenters. The molecule has 0 saturated heterocycles. The number of amides is 1. The molecule has 0 radical (unpaired) electrons. The number of carbonyl (C=O) groups excluding carboxylic acids is 1. The van der Waals surface area contributed by atoms with Crippen molar-refractivity contribution >= 4 is 39.2 Å². The molecule has 0 aliphatic carbocycles. The van der Waals surface area contributed by atoms with Crippen molar-refractivity contribution in [2.45, 2.75) is 24.0 Å². The van der Waals surface area contributed by atoms with Crippen LogP contribution in [0.2, 0.25) is 5.02 Å². The van der Waals surface area contributed by atoms with Crippen LogP contribution in [0.15, 0.2) is 65.6 Å². The highest BCUT2D eigenvalue weighted by molar-refractivity contribution is 7.92. The average Bonchev–Trinajstić information content (AvgIpc) is 3.26. The van der Waals surface area contributed by atoms with E-state index in [2.05, 4.69) is 5.32 Å². The molecule has 0 saturated carbocycles. The quantitative estimate of drug-likeness (QED) is 0.472. The number of halogens is 4. The Morgan fingerprint density at radius 3 is 2.47 bits per heavy atom. The zero-order valence-electron chi connectivity index (χ0n) is 18.3. The minimum atomic E-state index is -4.70. The molecule has 1 heterocycles. The molecule has 3 aromatic carbocycles. The number of hydrogen-bond donors (Lipinski definition) is 2. The van der Waals surface area contributed by atoms with Gasteiger partial charge in [-0.15, -0.1) is 0 Å². The summed E-state index contributed by atoms with van der Waals surface area (Å²) in [5.74, 6) is -1.71. The number of benzene rings is 3. The van der Waals surface area contributed by atoms with Crippen LogP contribution < -0.4 is 9.62 Å². The molecule has 1 aliphatic rings. The Hall–Kier alpha value is -3.57. The van der Waals surface area contributed by atoms with Gasteiger partial charge in [-0.3, -0.25) is 9.10 Å². The van der Waals surface area contributed by atoms with Gasteiger partial charge < -0.3 is 10.4 Å². The SMILES string of the molecule is O=C(NCc1ccc(C(=O)O)c(Cl)c1)c1ccc2c(c1)N(S(=O)(=O)c1cccc(C(F)(F)F)c1)CC2. The predicted octanol–water partition coefficient (Wildman–Crippen LogP) is 4.74. The van der Waals surface area contributed by atoms with Crippen LogP contribution in [0, 0.1) is 0 Å². The summed E-state index contributed by atoms with van der Waals surface area (Å²) in [6.45, 7) is 0.0508. The van der Waals surface area contributed by atoms with Crippen LogP contribution in [-0.2, 0) is 29.2 Å². The highest BCUT2D eigenvalue weighted by Gasteiger charge is 2.35. The minimum Gasteiger partial charge on any atom is -0.478 e. The average molecular weight is 539 g/mol. The van der Waals surface area contributed by atoms with Crippen molar-refractivity contribution < 1.29 is 36.3 Å². The number of alkyl halides is 3. The highest BCUT2D eigenvalue weighted by Crippen LogP contribution is 2.36. The zero-order chi connectivity index (χ0) is 26.3. The van der Waals surface area contributed by atoms with E-state index in [9.17, 15) is 31.2 Å². The summed E-state index contributed by atoms with van der Waals surface area (Å²) in [6, 6.07) is 12.2. The number of anilines is 1. The van der Waals surface area contributed by atoms with Crippen molar-refractivity contribution in [2.75, 3.05) is 10.8 Å². The van der Waals surface area contributed by atoms with Crippen molar-refractivity contribution in [3.8, 4) is 0 Å². The molecular weight excluding hydrogens is 521 g/mol. The molecule has 0 bridgehead atoms. The fourth-order valence-corrected chi connectivity index (χ4v) is 5.65. The summed E-state index contributed by atoms with van der Waals surface area (Å²) in [7, 11) is -4.31. The van der Waals surface area contributed by atoms with Crippen LogP contribution in [0.25, 0.3) is 0 Å². The molecule has 12 heteroatoms. The molecule has 0 unspecified atom stereocenters. The van der Waals surface area contributed by atoms with Gasteiger partial charge in [0.25, 0.3) is 15.9 Å². The lowest BCUT2D eigenvalue weighted by atomic mass is 10.1. The first-order chi connectivity index (χ1) is 16.9. The normalized spacial score (nSPS) is 13.4. The van der Waals surface area contributed by atoms with Gasteiger partial charge in [0.15, 0.2) is 0 Å². The van der Waals surface area contributed by atoms with E-state index in [4.69, 9.17) is 16.7 Å². The molecule has 0 fully saturated rings. The Morgan fingerprint density at radius 2 is 1.81 bits per heavy atom. The predicted molar refractivity (Wildman–Crippen MR) is 126 cm³/mol. The molecule has 1 aliphatic heterocycles. The summed E-state index contributed by atoms with van der Waals surface area (Å²) in [5.41, 5.74) is 0.397. The molecule has 0 aromatic heterocycles.